The van der Waals surface area contributed by atoms with Crippen molar-refractivity contribution in [3.63, 3.8) is 0 Å². The Balaban J connectivity index is 3.46. The first-order chi connectivity index (χ1) is 30.0. The number of nitrogens with one attached hydrogen (secondary N) is 1. The van der Waals surface area contributed by atoms with Gasteiger partial charge in [-0.1, -0.05) is 237 Å². The number of rotatable bonds is 50. The molecule has 0 bridgehead atoms. The van der Waals surface area contributed by atoms with Gasteiger partial charge in [0.25, 0.3) is 0 Å². The lowest BCUT2D eigenvalue weighted by molar-refractivity contribution is -0.143. The zero-order chi connectivity index (χ0) is 44.4. The fourth-order valence-corrected chi connectivity index (χ4v) is 8.32. The van der Waals surface area contributed by atoms with Gasteiger partial charge in [0, 0.05) is 12.8 Å². The van der Waals surface area contributed by atoms with E-state index in [4.69, 9.17) is 4.74 Å². The molecule has 0 aliphatic carbocycles. The Bertz CT molecular complexity index is 951. The van der Waals surface area contributed by atoms with Gasteiger partial charge in [0.05, 0.1) is 25.4 Å². The van der Waals surface area contributed by atoms with Crippen LogP contribution >= 0.6 is 0 Å². The summed E-state index contributed by atoms with van der Waals surface area (Å²) >= 11 is 0. The Hall–Kier alpha value is -1.66. The number of esters is 1. The molecule has 0 radical (unpaired) electrons. The summed E-state index contributed by atoms with van der Waals surface area (Å²) in [7, 11) is 0. The zero-order valence-corrected chi connectivity index (χ0v) is 40.9. The van der Waals surface area contributed by atoms with Crippen LogP contribution in [0.3, 0.4) is 0 Å². The average molecular weight is 860 g/mol. The molecular weight excluding hydrogens is 755 g/mol. The first kappa shape index (κ1) is 59.3. The Morgan fingerprint density at radius 2 is 0.820 bits per heavy atom. The van der Waals surface area contributed by atoms with Crippen molar-refractivity contribution in [3.05, 3.63) is 24.3 Å². The monoisotopic (exact) mass is 860 g/mol. The maximum atomic E-state index is 12.4. The number of allylic oxidation sites excluding steroid dienone is 4. The highest BCUT2D eigenvalue weighted by atomic mass is 16.5. The minimum atomic E-state index is -0.672. The van der Waals surface area contributed by atoms with Crippen LogP contribution < -0.4 is 5.32 Å². The van der Waals surface area contributed by atoms with Crippen LogP contribution in [0.25, 0.3) is 0 Å². The van der Waals surface area contributed by atoms with Gasteiger partial charge >= 0.3 is 5.97 Å². The largest absolute Gasteiger partial charge is 0.466 e. The van der Waals surface area contributed by atoms with Gasteiger partial charge in [-0.15, -0.1) is 0 Å². The van der Waals surface area contributed by atoms with Gasteiger partial charge in [-0.25, -0.2) is 0 Å². The lowest BCUT2D eigenvalue weighted by atomic mass is 10.0. The van der Waals surface area contributed by atoms with E-state index in [-0.39, 0.29) is 18.5 Å². The van der Waals surface area contributed by atoms with Gasteiger partial charge in [-0.2, -0.15) is 0 Å². The molecule has 0 saturated carbocycles. The number of unbranched alkanes of at least 4 members (excludes halogenated alkanes) is 35. The maximum Gasteiger partial charge on any atom is 0.305 e. The van der Waals surface area contributed by atoms with Crippen LogP contribution in [0.5, 0.6) is 0 Å². The summed E-state index contributed by atoms with van der Waals surface area (Å²) in [5.74, 6) is -0.0645. The Kier molecular flexibility index (Phi) is 49.6. The molecule has 0 aromatic rings. The SMILES string of the molecule is CCCCCCCCCCCCCCCCCCCC(=O)OCCCCC/C=C\C/C=C\CCCCCCCCCC(=O)NC(CO)C(O)CCCCCCCCCCCC. The summed E-state index contributed by atoms with van der Waals surface area (Å²) in [6.45, 7) is 4.90. The maximum absolute atomic E-state index is 12.4. The number of carbonyl (C=O) groups is 2. The molecule has 2 atom stereocenters. The van der Waals surface area contributed by atoms with Crippen LogP contribution in [0.15, 0.2) is 24.3 Å². The molecule has 2 unspecified atom stereocenters. The van der Waals surface area contributed by atoms with Gasteiger partial charge < -0.3 is 20.3 Å². The molecule has 0 aromatic carbocycles. The second-order valence-electron chi connectivity index (χ2n) is 18.6. The first-order valence-electron chi connectivity index (χ1n) is 27.1. The fourth-order valence-electron chi connectivity index (χ4n) is 8.32. The summed E-state index contributed by atoms with van der Waals surface area (Å²) in [4.78, 5) is 24.4. The molecule has 1 amide bonds. The summed E-state index contributed by atoms with van der Waals surface area (Å²) in [5, 5.41) is 23.1. The Morgan fingerprint density at radius 3 is 1.25 bits per heavy atom. The topological polar surface area (TPSA) is 95.9 Å². The van der Waals surface area contributed by atoms with Crippen molar-refractivity contribution in [2.75, 3.05) is 13.2 Å². The second-order valence-corrected chi connectivity index (χ2v) is 18.6. The number of amides is 1. The number of hydrogen-bond donors (Lipinski definition) is 3. The lowest BCUT2D eigenvalue weighted by Crippen LogP contribution is -2.45. The van der Waals surface area contributed by atoms with Crippen molar-refractivity contribution >= 4 is 11.9 Å². The Morgan fingerprint density at radius 1 is 0.459 bits per heavy atom. The predicted octanol–water partition coefficient (Wildman–Crippen LogP) is 16.3. The van der Waals surface area contributed by atoms with Crippen LogP contribution in [0.4, 0.5) is 0 Å². The highest BCUT2D eigenvalue weighted by Gasteiger charge is 2.20. The molecule has 0 heterocycles. The van der Waals surface area contributed by atoms with E-state index in [2.05, 4.69) is 43.5 Å². The molecule has 6 heteroatoms. The molecular formula is C55H105NO5. The summed E-state index contributed by atoms with van der Waals surface area (Å²) in [5.41, 5.74) is 0. The van der Waals surface area contributed by atoms with Gasteiger partial charge in [0.15, 0.2) is 0 Å². The summed E-state index contributed by atoms with van der Waals surface area (Å²) < 4.78 is 5.46. The van der Waals surface area contributed by atoms with Crippen LogP contribution in [-0.2, 0) is 14.3 Å². The molecule has 0 rings (SSSR count). The highest BCUT2D eigenvalue weighted by molar-refractivity contribution is 5.76. The molecule has 6 nitrogen and oxygen atoms in total. The van der Waals surface area contributed by atoms with E-state index in [1.807, 2.05) is 0 Å². The van der Waals surface area contributed by atoms with E-state index in [1.54, 1.807) is 0 Å². The van der Waals surface area contributed by atoms with Crippen LogP contribution in [-0.4, -0.2) is 47.4 Å². The number of aliphatic hydroxyl groups excluding tert-OH is 2. The quantitative estimate of drug-likeness (QED) is 0.0322. The third-order valence-corrected chi connectivity index (χ3v) is 12.5. The van der Waals surface area contributed by atoms with E-state index in [0.29, 0.717) is 25.9 Å². The number of hydrogen-bond acceptors (Lipinski definition) is 5. The van der Waals surface area contributed by atoms with Crippen molar-refractivity contribution in [2.45, 2.75) is 302 Å². The van der Waals surface area contributed by atoms with E-state index in [0.717, 1.165) is 83.5 Å². The van der Waals surface area contributed by atoms with E-state index in [1.165, 1.54) is 173 Å². The smallest absolute Gasteiger partial charge is 0.305 e. The van der Waals surface area contributed by atoms with Gasteiger partial charge in [-0.05, 0) is 64.2 Å². The molecule has 3 N–H and O–H groups in total. The minimum Gasteiger partial charge on any atom is -0.466 e. The molecule has 0 aromatic heterocycles. The number of aliphatic hydroxyl groups is 2. The average Bonchev–Trinajstić information content (AvgIpc) is 3.26. The molecule has 0 aliphatic rings. The standard InChI is InChI=1S/C55H105NO5/c1-3-5-7-9-11-13-15-16-17-19-23-26-29-33-37-41-45-49-55(60)61-50-46-42-38-34-30-27-24-21-18-20-22-25-28-32-36-40-44-48-54(59)56-52(51-57)53(58)47-43-39-35-31-14-12-10-8-6-4-2/h18,21,27,30,52-53,57-58H,3-17,19-20,22-26,28-29,31-51H2,1-2H3,(H,56,59)/b21-18-,30-27-. The minimum absolute atomic E-state index is 0.0118. The molecule has 0 aliphatic heterocycles. The van der Waals surface area contributed by atoms with Crippen molar-refractivity contribution in [3.8, 4) is 0 Å². The van der Waals surface area contributed by atoms with Crippen LogP contribution in [0.1, 0.15) is 290 Å². The van der Waals surface area contributed by atoms with E-state index in [9.17, 15) is 19.8 Å². The van der Waals surface area contributed by atoms with Crippen molar-refractivity contribution < 1.29 is 24.5 Å². The fraction of sp³-hybridized carbons (Fsp3) is 0.891. The molecule has 360 valence electrons. The Labute approximate surface area is 380 Å². The normalized spacial score (nSPS) is 12.8. The lowest BCUT2D eigenvalue weighted by Gasteiger charge is -2.22. The third-order valence-electron chi connectivity index (χ3n) is 12.5. The van der Waals surface area contributed by atoms with Crippen molar-refractivity contribution in [1.82, 2.24) is 5.32 Å². The van der Waals surface area contributed by atoms with Gasteiger partial charge in [0.1, 0.15) is 0 Å². The highest BCUT2D eigenvalue weighted by Crippen LogP contribution is 2.16. The number of ether oxygens (including phenoxy) is 1. The van der Waals surface area contributed by atoms with Crippen molar-refractivity contribution in [1.29, 1.82) is 0 Å². The van der Waals surface area contributed by atoms with Crippen molar-refractivity contribution in [2.24, 2.45) is 0 Å². The van der Waals surface area contributed by atoms with E-state index >= 15 is 0 Å². The second kappa shape index (κ2) is 51.0. The molecule has 0 saturated heterocycles. The summed E-state index contributed by atoms with van der Waals surface area (Å²) in [6, 6.07) is -0.551. The summed E-state index contributed by atoms with van der Waals surface area (Å²) in [6.07, 6.45) is 60.2. The third kappa shape index (κ3) is 47.7. The van der Waals surface area contributed by atoms with Gasteiger partial charge in [-0.3, -0.25) is 9.59 Å². The number of carbonyl (C=O) groups excluding carboxylic acids is 2. The molecule has 0 fully saturated rings. The zero-order valence-electron chi connectivity index (χ0n) is 40.9. The van der Waals surface area contributed by atoms with Gasteiger partial charge in [0.2, 0.25) is 5.91 Å². The van der Waals surface area contributed by atoms with Crippen LogP contribution in [0, 0.1) is 0 Å². The molecule has 0 spiro atoms. The predicted molar refractivity (Wildman–Crippen MR) is 264 cm³/mol. The molecule has 61 heavy (non-hydrogen) atoms. The first-order valence-corrected chi connectivity index (χ1v) is 27.1. The van der Waals surface area contributed by atoms with Crippen LogP contribution in [0.2, 0.25) is 0 Å². The van der Waals surface area contributed by atoms with E-state index < -0.39 is 12.1 Å².